The van der Waals surface area contributed by atoms with Gasteiger partial charge in [0.2, 0.25) is 0 Å². The highest BCUT2D eigenvalue weighted by Crippen LogP contribution is 2.33. The second kappa shape index (κ2) is 5.16. The molecule has 0 bridgehead atoms. The quantitative estimate of drug-likeness (QED) is 0.705. The van der Waals surface area contributed by atoms with E-state index < -0.39 is 0 Å². The lowest BCUT2D eigenvalue weighted by Gasteiger charge is -2.30. The van der Waals surface area contributed by atoms with Crippen molar-refractivity contribution in [1.29, 1.82) is 0 Å². The Morgan fingerprint density at radius 3 is 2.63 bits per heavy atom. The number of imidazole rings is 1. The molecule has 1 aromatic heterocycles. The van der Waals surface area contributed by atoms with E-state index in [1.165, 1.54) is 11.1 Å². The summed E-state index contributed by atoms with van der Waals surface area (Å²) in [4.78, 5) is 4.73. The Morgan fingerprint density at radius 1 is 1.37 bits per heavy atom. The predicted molar refractivity (Wildman–Crippen MR) is 83.0 cm³/mol. The molecule has 0 fully saturated rings. The largest absolute Gasteiger partial charge is 0.321 e. The topological polar surface area (TPSA) is 17.8 Å². The van der Waals surface area contributed by atoms with Gasteiger partial charge in [0.05, 0.1) is 16.4 Å². The molecule has 2 nitrogen and oxygen atoms in total. The number of halogens is 1. The van der Waals surface area contributed by atoms with Crippen molar-refractivity contribution in [1.82, 2.24) is 9.55 Å². The van der Waals surface area contributed by atoms with Crippen LogP contribution in [0.3, 0.4) is 0 Å². The van der Waals surface area contributed by atoms with Gasteiger partial charge in [0.1, 0.15) is 5.82 Å². The molecule has 0 aliphatic rings. The van der Waals surface area contributed by atoms with Crippen LogP contribution in [0.2, 0.25) is 0 Å². The van der Waals surface area contributed by atoms with Crippen molar-refractivity contribution in [2.75, 3.05) is 0 Å². The summed E-state index contributed by atoms with van der Waals surface area (Å²) in [7, 11) is 0. The van der Waals surface area contributed by atoms with Gasteiger partial charge in [-0.3, -0.25) is 0 Å². The minimum Gasteiger partial charge on any atom is -0.321 e. The zero-order valence-electron chi connectivity index (χ0n) is 12.5. The summed E-state index contributed by atoms with van der Waals surface area (Å²) in [5.74, 6) is 0.973. The molecule has 0 spiro atoms. The van der Waals surface area contributed by atoms with Gasteiger partial charge in [0.25, 0.3) is 0 Å². The molecule has 1 aromatic carbocycles. The van der Waals surface area contributed by atoms with E-state index in [1.807, 2.05) is 6.92 Å². The number of rotatable bonds is 4. The van der Waals surface area contributed by atoms with Crippen molar-refractivity contribution in [2.45, 2.75) is 58.4 Å². The number of benzene rings is 1. The Bertz CT molecular complexity index is 582. The molecule has 3 heteroatoms. The lowest BCUT2D eigenvalue weighted by atomic mass is 9.97. The number of aromatic nitrogens is 2. The van der Waals surface area contributed by atoms with Gasteiger partial charge in [0, 0.05) is 5.54 Å². The van der Waals surface area contributed by atoms with E-state index >= 15 is 0 Å². The maximum atomic E-state index is 6.34. The third kappa shape index (κ3) is 2.64. The molecule has 0 saturated heterocycles. The predicted octanol–water partition coefficient (Wildman–Crippen LogP) is 5.18. The SMILES string of the molecule is CCCC(C)(C)n1c(C(C)Cl)nc2ccc(C)cc21. The van der Waals surface area contributed by atoms with Crippen LogP contribution in [0.4, 0.5) is 0 Å². The first-order chi connectivity index (χ1) is 8.86. The van der Waals surface area contributed by atoms with Crippen LogP contribution >= 0.6 is 11.6 Å². The second-order valence-corrected chi connectivity index (χ2v) is 6.63. The van der Waals surface area contributed by atoms with E-state index in [4.69, 9.17) is 16.6 Å². The van der Waals surface area contributed by atoms with Crippen LogP contribution in [0, 0.1) is 6.92 Å². The molecule has 104 valence electrons. The van der Waals surface area contributed by atoms with Crippen LogP contribution in [0.25, 0.3) is 11.0 Å². The smallest absolute Gasteiger partial charge is 0.128 e. The summed E-state index contributed by atoms with van der Waals surface area (Å²) in [5.41, 5.74) is 3.53. The minimum atomic E-state index is -0.0798. The maximum Gasteiger partial charge on any atom is 0.128 e. The highest BCUT2D eigenvalue weighted by molar-refractivity contribution is 6.20. The lowest BCUT2D eigenvalue weighted by molar-refractivity contribution is 0.323. The van der Waals surface area contributed by atoms with E-state index in [-0.39, 0.29) is 10.9 Å². The van der Waals surface area contributed by atoms with Crippen molar-refractivity contribution in [3.05, 3.63) is 29.6 Å². The van der Waals surface area contributed by atoms with Crippen LogP contribution in [-0.4, -0.2) is 9.55 Å². The molecule has 2 rings (SSSR count). The van der Waals surface area contributed by atoms with Gasteiger partial charge in [-0.1, -0.05) is 19.4 Å². The molecule has 0 saturated carbocycles. The molecule has 0 amide bonds. The second-order valence-electron chi connectivity index (χ2n) is 5.98. The summed E-state index contributed by atoms with van der Waals surface area (Å²) in [6, 6.07) is 6.41. The normalized spacial score (nSPS) is 14.0. The van der Waals surface area contributed by atoms with Gasteiger partial charge < -0.3 is 4.57 Å². The Labute approximate surface area is 120 Å². The van der Waals surface area contributed by atoms with Crippen molar-refractivity contribution < 1.29 is 0 Å². The van der Waals surface area contributed by atoms with Gasteiger partial charge >= 0.3 is 0 Å². The van der Waals surface area contributed by atoms with Crippen LogP contribution in [0.15, 0.2) is 18.2 Å². The molecule has 2 aromatic rings. The summed E-state index contributed by atoms with van der Waals surface area (Å²) < 4.78 is 2.33. The average Bonchev–Trinajstić information content (AvgIpc) is 2.68. The Hall–Kier alpha value is -1.02. The van der Waals surface area contributed by atoms with E-state index in [0.717, 1.165) is 24.2 Å². The van der Waals surface area contributed by atoms with Crippen molar-refractivity contribution in [3.8, 4) is 0 Å². The monoisotopic (exact) mass is 278 g/mol. The summed E-state index contributed by atoms with van der Waals surface area (Å²) >= 11 is 6.34. The van der Waals surface area contributed by atoms with Gasteiger partial charge in [-0.2, -0.15) is 0 Å². The van der Waals surface area contributed by atoms with E-state index in [9.17, 15) is 0 Å². The number of aryl methyl sites for hydroxylation is 1. The van der Waals surface area contributed by atoms with Crippen LogP contribution in [0.1, 0.15) is 57.3 Å². The molecule has 0 N–H and O–H groups in total. The standard InChI is InChI=1S/C16H23ClN2/c1-6-9-16(4,5)19-14-10-11(2)7-8-13(14)18-15(19)12(3)17/h7-8,10,12H,6,9H2,1-5H3. The fraction of sp³-hybridized carbons (Fsp3) is 0.562. The van der Waals surface area contributed by atoms with Gasteiger partial charge in [-0.25, -0.2) is 4.98 Å². The molecule has 0 aliphatic heterocycles. The first-order valence-electron chi connectivity index (χ1n) is 7.00. The highest BCUT2D eigenvalue weighted by Gasteiger charge is 2.26. The van der Waals surface area contributed by atoms with Crippen molar-refractivity contribution in [3.63, 3.8) is 0 Å². The van der Waals surface area contributed by atoms with Crippen molar-refractivity contribution >= 4 is 22.6 Å². The Balaban J connectivity index is 2.73. The van der Waals surface area contributed by atoms with Crippen LogP contribution in [0.5, 0.6) is 0 Å². The fourth-order valence-corrected chi connectivity index (χ4v) is 2.98. The average molecular weight is 279 g/mol. The number of nitrogens with zero attached hydrogens (tertiary/aromatic N) is 2. The minimum absolute atomic E-state index is 0.0375. The highest BCUT2D eigenvalue weighted by atomic mass is 35.5. The summed E-state index contributed by atoms with van der Waals surface area (Å²) in [6.45, 7) is 10.9. The van der Waals surface area contributed by atoms with Crippen molar-refractivity contribution in [2.24, 2.45) is 0 Å². The summed E-state index contributed by atoms with van der Waals surface area (Å²) in [6.07, 6.45) is 2.26. The molecule has 1 unspecified atom stereocenters. The van der Waals surface area contributed by atoms with Gasteiger partial charge in [-0.05, 0) is 51.8 Å². The molecule has 0 aliphatic carbocycles. The van der Waals surface area contributed by atoms with E-state index in [2.05, 4.69) is 50.5 Å². The van der Waals surface area contributed by atoms with E-state index in [0.29, 0.717) is 0 Å². The fourth-order valence-electron chi connectivity index (χ4n) is 2.83. The molecule has 1 heterocycles. The van der Waals surface area contributed by atoms with E-state index in [1.54, 1.807) is 0 Å². The third-order valence-electron chi connectivity index (χ3n) is 3.66. The molecular weight excluding hydrogens is 256 g/mol. The number of hydrogen-bond donors (Lipinski definition) is 0. The third-order valence-corrected chi connectivity index (χ3v) is 3.85. The van der Waals surface area contributed by atoms with Gasteiger partial charge in [-0.15, -0.1) is 11.6 Å². The first-order valence-corrected chi connectivity index (χ1v) is 7.44. The molecule has 0 radical (unpaired) electrons. The van der Waals surface area contributed by atoms with Gasteiger partial charge in [0.15, 0.2) is 0 Å². The molecular formula is C16H23ClN2. The molecule has 1 atom stereocenters. The maximum absolute atomic E-state index is 6.34. The van der Waals surface area contributed by atoms with Crippen LogP contribution < -0.4 is 0 Å². The Morgan fingerprint density at radius 2 is 2.05 bits per heavy atom. The zero-order chi connectivity index (χ0) is 14.2. The summed E-state index contributed by atoms with van der Waals surface area (Å²) in [5, 5.41) is -0.0798. The number of alkyl halides is 1. The zero-order valence-corrected chi connectivity index (χ0v) is 13.3. The number of hydrogen-bond acceptors (Lipinski definition) is 1. The Kier molecular flexibility index (Phi) is 3.91. The first kappa shape index (κ1) is 14.4. The van der Waals surface area contributed by atoms with Crippen LogP contribution in [-0.2, 0) is 5.54 Å². The number of fused-ring (bicyclic) bond motifs is 1. The lowest BCUT2D eigenvalue weighted by Crippen LogP contribution is -2.28. The molecule has 19 heavy (non-hydrogen) atoms.